The van der Waals surface area contributed by atoms with Crippen LogP contribution in [-0.2, 0) is 4.75 Å². The van der Waals surface area contributed by atoms with Gasteiger partial charge in [-0.05, 0) is 43.6 Å². The van der Waals surface area contributed by atoms with Crippen molar-refractivity contribution in [2.75, 3.05) is 5.75 Å². The summed E-state index contributed by atoms with van der Waals surface area (Å²) in [4.78, 5) is 0. The van der Waals surface area contributed by atoms with Crippen LogP contribution in [0.15, 0.2) is 48.5 Å². The van der Waals surface area contributed by atoms with Crippen LogP contribution in [0.4, 0.5) is 0 Å². The molecule has 1 saturated heterocycles. The third-order valence-corrected chi connectivity index (χ3v) is 5.97. The summed E-state index contributed by atoms with van der Waals surface area (Å²) in [5, 5.41) is 0. The first-order chi connectivity index (χ1) is 9.71. The molecular weight excluding hydrogens is 260 g/mol. The first-order valence-corrected chi connectivity index (χ1v) is 8.47. The fourth-order valence-corrected chi connectivity index (χ4v) is 4.65. The van der Waals surface area contributed by atoms with E-state index in [1.54, 1.807) is 0 Å². The van der Waals surface area contributed by atoms with E-state index in [-0.39, 0.29) is 4.75 Å². The van der Waals surface area contributed by atoms with Gasteiger partial charge in [0.2, 0.25) is 0 Å². The standard InChI is InChI=1S/C19H22S/c1-15-5-9-17(10-6-15)19(13-3-4-14-20-19)18-11-7-16(2)8-12-18/h5-12H,3-4,13-14H2,1-2H3. The Labute approximate surface area is 126 Å². The lowest BCUT2D eigenvalue weighted by Gasteiger charge is -2.38. The second-order valence-corrected chi connectivity index (χ2v) is 7.26. The van der Waals surface area contributed by atoms with Gasteiger partial charge in [-0.25, -0.2) is 0 Å². The largest absolute Gasteiger partial charge is 0.145 e. The molecule has 0 aromatic heterocycles. The molecule has 0 aliphatic carbocycles. The monoisotopic (exact) mass is 282 g/mol. The molecule has 0 atom stereocenters. The van der Waals surface area contributed by atoms with E-state index in [9.17, 15) is 0 Å². The Bertz CT molecular complexity index is 512. The zero-order valence-electron chi connectivity index (χ0n) is 12.4. The summed E-state index contributed by atoms with van der Waals surface area (Å²) in [5.74, 6) is 1.27. The summed E-state index contributed by atoms with van der Waals surface area (Å²) in [6, 6.07) is 18.3. The van der Waals surface area contributed by atoms with Crippen LogP contribution in [0.3, 0.4) is 0 Å². The van der Waals surface area contributed by atoms with Gasteiger partial charge in [0.1, 0.15) is 0 Å². The number of aryl methyl sites for hydroxylation is 2. The van der Waals surface area contributed by atoms with E-state index in [1.807, 2.05) is 0 Å². The van der Waals surface area contributed by atoms with Gasteiger partial charge in [-0.3, -0.25) is 0 Å². The van der Waals surface area contributed by atoms with Crippen LogP contribution in [0, 0.1) is 13.8 Å². The highest BCUT2D eigenvalue weighted by atomic mass is 32.2. The Hall–Kier alpha value is -1.21. The lowest BCUT2D eigenvalue weighted by molar-refractivity contribution is 0.587. The first-order valence-electron chi connectivity index (χ1n) is 7.49. The summed E-state index contributed by atoms with van der Waals surface area (Å²) >= 11 is 2.13. The molecule has 2 aromatic rings. The molecule has 1 heteroatoms. The van der Waals surface area contributed by atoms with Crippen LogP contribution in [0.25, 0.3) is 0 Å². The van der Waals surface area contributed by atoms with Crippen molar-refractivity contribution in [1.82, 2.24) is 0 Å². The fourth-order valence-electron chi connectivity index (χ4n) is 3.06. The highest BCUT2D eigenvalue weighted by Gasteiger charge is 2.36. The van der Waals surface area contributed by atoms with E-state index in [1.165, 1.54) is 47.3 Å². The van der Waals surface area contributed by atoms with Crippen LogP contribution in [0.1, 0.15) is 41.5 Å². The molecular formula is C19H22S. The van der Waals surface area contributed by atoms with Gasteiger partial charge in [-0.2, -0.15) is 0 Å². The maximum atomic E-state index is 2.33. The van der Waals surface area contributed by atoms with E-state index >= 15 is 0 Å². The molecule has 1 aliphatic rings. The predicted molar refractivity (Wildman–Crippen MR) is 89.4 cm³/mol. The molecule has 3 rings (SSSR count). The SMILES string of the molecule is Cc1ccc(C2(c3ccc(C)cc3)CCCCS2)cc1. The summed E-state index contributed by atoms with van der Waals surface area (Å²) < 4.78 is 0.166. The molecule has 0 radical (unpaired) electrons. The third kappa shape index (κ3) is 2.52. The van der Waals surface area contributed by atoms with Gasteiger partial charge in [0.15, 0.2) is 0 Å². The van der Waals surface area contributed by atoms with Gasteiger partial charge in [0.05, 0.1) is 4.75 Å². The molecule has 0 spiro atoms. The van der Waals surface area contributed by atoms with Crippen LogP contribution in [0.2, 0.25) is 0 Å². The molecule has 1 aliphatic heterocycles. The van der Waals surface area contributed by atoms with E-state index in [0.717, 1.165) is 0 Å². The van der Waals surface area contributed by atoms with Crippen LogP contribution in [0.5, 0.6) is 0 Å². The van der Waals surface area contributed by atoms with E-state index in [0.29, 0.717) is 0 Å². The Morgan fingerprint density at radius 2 is 1.25 bits per heavy atom. The third-order valence-electron chi connectivity index (χ3n) is 4.31. The Balaban J connectivity index is 2.08. The van der Waals surface area contributed by atoms with Crippen LogP contribution >= 0.6 is 11.8 Å². The van der Waals surface area contributed by atoms with E-state index in [2.05, 4.69) is 74.1 Å². The number of hydrogen-bond acceptors (Lipinski definition) is 1. The molecule has 1 fully saturated rings. The second-order valence-electron chi connectivity index (χ2n) is 5.86. The molecule has 0 unspecified atom stereocenters. The summed E-state index contributed by atoms with van der Waals surface area (Å²) in [6.07, 6.45) is 3.93. The zero-order chi connectivity index (χ0) is 14.0. The van der Waals surface area contributed by atoms with Crippen molar-refractivity contribution in [3.05, 3.63) is 70.8 Å². The quantitative estimate of drug-likeness (QED) is 0.704. The molecule has 1 heterocycles. The Morgan fingerprint density at radius 3 is 1.65 bits per heavy atom. The lowest BCUT2D eigenvalue weighted by atomic mass is 9.85. The number of thioether (sulfide) groups is 1. The van der Waals surface area contributed by atoms with Gasteiger partial charge in [0.25, 0.3) is 0 Å². The van der Waals surface area contributed by atoms with Gasteiger partial charge in [0, 0.05) is 0 Å². The summed E-state index contributed by atoms with van der Waals surface area (Å²) in [7, 11) is 0. The number of hydrogen-bond donors (Lipinski definition) is 0. The van der Waals surface area contributed by atoms with Gasteiger partial charge >= 0.3 is 0 Å². The Morgan fingerprint density at radius 1 is 0.750 bits per heavy atom. The topological polar surface area (TPSA) is 0 Å². The minimum Gasteiger partial charge on any atom is -0.145 e. The average molecular weight is 282 g/mol. The first kappa shape index (κ1) is 13.8. The Kier molecular flexibility index (Phi) is 3.89. The van der Waals surface area contributed by atoms with Crippen molar-refractivity contribution in [2.45, 2.75) is 37.9 Å². The van der Waals surface area contributed by atoms with Crippen molar-refractivity contribution >= 4 is 11.8 Å². The lowest BCUT2D eigenvalue weighted by Crippen LogP contribution is -2.27. The molecule has 104 valence electrons. The molecule has 0 bridgehead atoms. The summed E-state index contributed by atoms with van der Waals surface area (Å²) in [6.45, 7) is 4.33. The average Bonchev–Trinajstić information content (AvgIpc) is 2.49. The molecule has 0 N–H and O–H groups in total. The maximum absolute atomic E-state index is 2.33. The van der Waals surface area contributed by atoms with E-state index in [4.69, 9.17) is 0 Å². The minimum atomic E-state index is 0.166. The van der Waals surface area contributed by atoms with Crippen molar-refractivity contribution in [3.8, 4) is 0 Å². The van der Waals surface area contributed by atoms with Crippen molar-refractivity contribution in [3.63, 3.8) is 0 Å². The minimum absolute atomic E-state index is 0.166. The summed E-state index contributed by atoms with van der Waals surface area (Å²) in [5.41, 5.74) is 5.62. The van der Waals surface area contributed by atoms with Crippen LogP contribution in [-0.4, -0.2) is 5.75 Å². The zero-order valence-corrected chi connectivity index (χ0v) is 13.2. The molecule has 0 amide bonds. The molecule has 2 aromatic carbocycles. The van der Waals surface area contributed by atoms with Gasteiger partial charge in [-0.15, -0.1) is 11.8 Å². The maximum Gasteiger partial charge on any atom is 0.0656 e. The second kappa shape index (κ2) is 5.65. The van der Waals surface area contributed by atoms with Crippen molar-refractivity contribution in [1.29, 1.82) is 0 Å². The molecule has 0 saturated carbocycles. The number of rotatable bonds is 2. The van der Waals surface area contributed by atoms with Crippen LogP contribution < -0.4 is 0 Å². The normalized spacial score (nSPS) is 17.9. The smallest absolute Gasteiger partial charge is 0.0656 e. The predicted octanol–water partition coefficient (Wildman–Crippen LogP) is 5.46. The highest BCUT2D eigenvalue weighted by Crippen LogP contribution is 2.49. The van der Waals surface area contributed by atoms with E-state index < -0.39 is 0 Å². The fraction of sp³-hybridized carbons (Fsp3) is 0.368. The highest BCUT2D eigenvalue weighted by molar-refractivity contribution is 8.00. The number of benzene rings is 2. The van der Waals surface area contributed by atoms with Gasteiger partial charge in [-0.1, -0.05) is 66.1 Å². The van der Waals surface area contributed by atoms with Crippen molar-refractivity contribution in [2.24, 2.45) is 0 Å². The van der Waals surface area contributed by atoms with Gasteiger partial charge < -0.3 is 0 Å². The van der Waals surface area contributed by atoms with Crippen molar-refractivity contribution < 1.29 is 0 Å². The molecule has 0 nitrogen and oxygen atoms in total. The molecule has 20 heavy (non-hydrogen) atoms.